The van der Waals surface area contributed by atoms with Crippen LogP contribution in [0.2, 0.25) is 0 Å². The highest BCUT2D eigenvalue weighted by atomic mass is 16.4. The predicted octanol–water partition coefficient (Wildman–Crippen LogP) is 1.12. The number of rotatable bonds is 5. The van der Waals surface area contributed by atoms with Gasteiger partial charge >= 0.3 is 5.97 Å². The van der Waals surface area contributed by atoms with E-state index in [1.165, 1.54) is 0 Å². The maximum Gasteiger partial charge on any atom is 0.330 e. The largest absolute Gasteiger partial charge is 0.478 e. The molecule has 0 atom stereocenters. The highest BCUT2D eigenvalue weighted by Gasteiger charge is 2.07. The summed E-state index contributed by atoms with van der Waals surface area (Å²) in [4.78, 5) is 21.7. The molecule has 0 bridgehead atoms. The number of carboxylic acids is 1. The maximum absolute atomic E-state index is 11.4. The molecule has 0 saturated heterocycles. The van der Waals surface area contributed by atoms with Crippen molar-refractivity contribution in [1.29, 1.82) is 0 Å². The molecule has 1 aromatic carbocycles. The summed E-state index contributed by atoms with van der Waals surface area (Å²) in [5, 5.41) is 8.41. The summed E-state index contributed by atoms with van der Waals surface area (Å²) in [5.41, 5.74) is 6.13. The van der Waals surface area contributed by atoms with E-state index in [1.807, 2.05) is 30.3 Å². The topological polar surface area (TPSA) is 80.4 Å². The third-order valence-corrected chi connectivity index (χ3v) is 2.08. The molecular weight excluding hydrogens is 206 g/mol. The summed E-state index contributed by atoms with van der Waals surface area (Å²) in [6.07, 6.45) is 1.51. The molecular formula is C12H13NO3. The van der Waals surface area contributed by atoms with Crippen LogP contribution in [0.25, 0.3) is 0 Å². The standard InChI is InChI=1S/C12H13NO3/c13-10(8-12(15)16)11(14)7-6-9-4-2-1-3-5-9/h1-5,8H,6-7,13H2,(H,15,16). The summed E-state index contributed by atoms with van der Waals surface area (Å²) >= 11 is 0. The fraction of sp³-hybridized carbons (Fsp3) is 0.167. The van der Waals surface area contributed by atoms with Crippen LogP contribution in [0.15, 0.2) is 42.1 Å². The molecule has 1 rings (SSSR count). The molecule has 0 aliphatic carbocycles. The normalized spacial score (nSPS) is 11.1. The van der Waals surface area contributed by atoms with Gasteiger partial charge in [0.1, 0.15) is 0 Å². The molecule has 0 saturated carbocycles. The van der Waals surface area contributed by atoms with Crippen molar-refractivity contribution in [2.75, 3.05) is 0 Å². The zero-order chi connectivity index (χ0) is 12.0. The molecule has 0 unspecified atom stereocenters. The minimum absolute atomic E-state index is 0.205. The van der Waals surface area contributed by atoms with Gasteiger partial charge in [0.15, 0.2) is 5.78 Å². The Kier molecular flexibility index (Phi) is 4.27. The molecule has 0 spiro atoms. The number of carbonyl (C=O) groups is 2. The van der Waals surface area contributed by atoms with Crippen LogP contribution in [-0.2, 0) is 16.0 Å². The van der Waals surface area contributed by atoms with Gasteiger partial charge in [0, 0.05) is 12.5 Å². The number of ketones is 1. The summed E-state index contributed by atoms with van der Waals surface area (Å²) in [6, 6.07) is 9.48. The van der Waals surface area contributed by atoms with Crippen molar-refractivity contribution in [3.63, 3.8) is 0 Å². The van der Waals surface area contributed by atoms with E-state index in [-0.39, 0.29) is 17.9 Å². The van der Waals surface area contributed by atoms with Crippen LogP contribution >= 0.6 is 0 Å². The minimum Gasteiger partial charge on any atom is -0.478 e. The molecule has 0 fully saturated rings. The second kappa shape index (κ2) is 5.70. The van der Waals surface area contributed by atoms with Crippen LogP contribution in [0.1, 0.15) is 12.0 Å². The molecule has 0 radical (unpaired) electrons. The number of benzene rings is 1. The Balaban J connectivity index is 2.51. The van der Waals surface area contributed by atoms with Gasteiger partial charge in [-0.05, 0) is 12.0 Å². The number of Topliss-reactive ketones (excluding diaryl/α,β-unsaturated/α-hetero) is 1. The monoisotopic (exact) mass is 219 g/mol. The van der Waals surface area contributed by atoms with E-state index in [1.54, 1.807) is 0 Å². The Bertz CT molecular complexity index is 410. The highest BCUT2D eigenvalue weighted by molar-refractivity contribution is 5.99. The lowest BCUT2D eigenvalue weighted by atomic mass is 10.1. The first-order chi connectivity index (χ1) is 7.59. The number of hydrogen-bond acceptors (Lipinski definition) is 3. The molecule has 0 aliphatic rings. The zero-order valence-corrected chi connectivity index (χ0v) is 8.72. The molecule has 0 amide bonds. The Labute approximate surface area is 93.4 Å². The van der Waals surface area contributed by atoms with Crippen LogP contribution in [0.5, 0.6) is 0 Å². The quantitative estimate of drug-likeness (QED) is 0.727. The highest BCUT2D eigenvalue weighted by Crippen LogP contribution is 2.04. The van der Waals surface area contributed by atoms with Crippen LogP contribution in [0, 0.1) is 0 Å². The van der Waals surface area contributed by atoms with Crippen molar-refractivity contribution in [3.05, 3.63) is 47.7 Å². The second-order valence-electron chi connectivity index (χ2n) is 3.35. The van der Waals surface area contributed by atoms with E-state index in [9.17, 15) is 9.59 Å². The number of aliphatic carboxylic acids is 1. The molecule has 0 aliphatic heterocycles. The summed E-state index contributed by atoms with van der Waals surface area (Å²) in [5.74, 6) is -1.54. The molecule has 84 valence electrons. The second-order valence-corrected chi connectivity index (χ2v) is 3.35. The van der Waals surface area contributed by atoms with E-state index in [4.69, 9.17) is 10.8 Å². The van der Waals surface area contributed by atoms with Gasteiger partial charge in [0.2, 0.25) is 0 Å². The van der Waals surface area contributed by atoms with Gasteiger partial charge in [-0.15, -0.1) is 0 Å². The average Bonchev–Trinajstić information content (AvgIpc) is 2.26. The van der Waals surface area contributed by atoms with E-state index in [2.05, 4.69) is 0 Å². The number of allylic oxidation sites excluding steroid dienone is 1. The van der Waals surface area contributed by atoms with Crippen molar-refractivity contribution >= 4 is 11.8 Å². The number of hydrogen-bond donors (Lipinski definition) is 2. The molecule has 0 heterocycles. The lowest BCUT2D eigenvalue weighted by Gasteiger charge is -2.00. The van der Waals surface area contributed by atoms with E-state index >= 15 is 0 Å². The van der Waals surface area contributed by atoms with Gasteiger partial charge in [-0.1, -0.05) is 30.3 Å². The lowest BCUT2D eigenvalue weighted by Crippen LogP contribution is -2.13. The Morgan fingerprint density at radius 1 is 1.25 bits per heavy atom. The van der Waals surface area contributed by atoms with Crippen molar-refractivity contribution in [2.45, 2.75) is 12.8 Å². The van der Waals surface area contributed by atoms with Crippen LogP contribution in [-0.4, -0.2) is 16.9 Å². The third kappa shape index (κ3) is 3.96. The predicted molar refractivity (Wildman–Crippen MR) is 59.7 cm³/mol. The molecule has 0 aromatic heterocycles. The van der Waals surface area contributed by atoms with Crippen molar-refractivity contribution in [1.82, 2.24) is 0 Å². The van der Waals surface area contributed by atoms with Gasteiger partial charge in [-0.2, -0.15) is 0 Å². The number of nitrogens with two attached hydrogens (primary N) is 1. The molecule has 16 heavy (non-hydrogen) atoms. The number of aryl methyl sites for hydroxylation is 1. The van der Waals surface area contributed by atoms with E-state index in [0.29, 0.717) is 6.42 Å². The summed E-state index contributed by atoms with van der Waals surface area (Å²) < 4.78 is 0. The van der Waals surface area contributed by atoms with Crippen LogP contribution in [0.4, 0.5) is 0 Å². The first-order valence-corrected chi connectivity index (χ1v) is 4.87. The first kappa shape index (κ1) is 12.0. The SMILES string of the molecule is NC(=CC(=O)O)C(=O)CCc1ccccc1. The average molecular weight is 219 g/mol. The fourth-order valence-electron chi connectivity index (χ4n) is 1.26. The van der Waals surface area contributed by atoms with Crippen molar-refractivity contribution in [2.24, 2.45) is 5.73 Å². The smallest absolute Gasteiger partial charge is 0.330 e. The Hall–Kier alpha value is -2.10. The van der Waals surface area contributed by atoms with Gasteiger partial charge < -0.3 is 10.8 Å². The molecule has 4 heteroatoms. The molecule has 4 nitrogen and oxygen atoms in total. The van der Waals surface area contributed by atoms with E-state index in [0.717, 1.165) is 11.6 Å². The molecule has 3 N–H and O–H groups in total. The van der Waals surface area contributed by atoms with Gasteiger partial charge in [0.25, 0.3) is 0 Å². The van der Waals surface area contributed by atoms with Crippen LogP contribution in [0.3, 0.4) is 0 Å². The van der Waals surface area contributed by atoms with Crippen LogP contribution < -0.4 is 5.73 Å². The van der Waals surface area contributed by atoms with Gasteiger partial charge in [0.05, 0.1) is 5.70 Å². The lowest BCUT2D eigenvalue weighted by molar-refractivity contribution is -0.131. The van der Waals surface area contributed by atoms with Gasteiger partial charge in [-0.3, -0.25) is 4.79 Å². The van der Waals surface area contributed by atoms with Crippen molar-refractivity contribution < 1.29 is 14.7 Å². The number of carbonyl (C=O) groups excluding carboxylic acids is 1. The zero-order valence-electron chi connectivity index (χ0n) is 8.72. The first-order valence-electron chi connectivity index (χ1n) is 4.87. The maximum atomic E-state index is 11.4. The van der Waals surface area contributed by atoms with Gasteiger partial charge in [-0.25, -0.2) is 4.79 Å². The summed E-state index contributed by atoms with van der Waals surface area (Å²) in [7, 11) is 0. The Morgan fingerprint density at radius 2 is 1.88 bits per heavy atom. The van der Waals surface area contributed by atoms with Crippen molar-refractivity contribution in [3.8, 4) is 0 Å². The Morgan fingerprint density at radius 3 is 2.44 bits per heavy atom. The van der Waals surface area contributed by atoms with E-state index < -0.39 is 5.97 Å². The fourth-order valence-corrected chi connectivity index (χ4v) is 1.26. The number of carboxylic acid groups (broad SMARTS) is 1. The third-order valence-electron chi connectivity index (χ3n) is 2.08. The molecule has 1 aromatic rings. The minimum atomic E-state index is -1.20. The summed E-state index contributed by atoms with van der Waals surface area (Å²) in [6.45, 7) is 0.